The average Bonchev–Trinajstić information content (AvgIpc) is 2.63. The zero-order chi connectivity index (χ0) is 12.4. The van der Waals surface area contributed by atoms with Gasteiger partial charge >= 0.3 is 0 Å². The fourth-order valence-corrected chi connectivity index (χ4v) is 3.12. The first-order valence-corrected chi connectivity index (χ1v) is 7.01. The molecule has 1 fully saturated rings. The molecule has 2 atom stereocenters. The maximum atomic E-state index is 10.3. The molecule has 1 saturated carbocycles. The molecule has 1 nitrogen and oxygen atoms in total. The Bertz CT molecular complexity index is 532. The third kappa shape index (κ3) is 2.28. The first kappa shape index (κ1) is 11.7. The lowest BCUT2D eigenvalue weighted by molar-refractivity contribution is 0.135. The van der Waals surface area contributed by atoms with E-state index in [0.717, 1.165) is 12.8 Å². The van der Waals surface area contributed by atoms with Crippen molar-refractivity contribution < 1.29 is 5.11 Å². The first-order chi connectivity index (χ1) is 8.84. The predicted octanol–water partition coefficient (Wildman–Crippen LogP) is 4.25. The smallest absolute Gasteiger partial charge is 0.0608 e. The Balaban J connectivity index is 1.97. The van der Waals surface area contributed by atoms with Gasteiger partial charge in [-0.1, -0.05) is 61.7 Å². The van der Waals surface area contributed by atoms with Crippen molar-refractivity contribution in [2.45, 2.75) is 44.1 Å². The zero-order valence-corrected chi connectivity index (χ0v) is 10.7. The molecule has 0 spiro atoms. The van der Waals surface area contributed by atoms with E-state index < -0.39 is 0 Å². The third-order valence-corrected chi connectivity index (χ3v) is 4.18. The van der Waals surface area contributed by atoms with Crippen molar-refractivity contribution in [2.24, 2.45) is 0 Å². The summed E-state index contributed by atoms with van der Waals surface area (Å²) >= 11 is 0. The predicted molar refractivity (Wildman–Crippen MR) is 75.8 cm³/mol. The summed E-state index contributed by atoms with van der Waals surface area (Å²) in [7, 11) is 0. The Labute approximate surface area is 108 Å². The van der Waals surface area contributed by atoms with Crippen LogP contribution in [0, 0.1) is 0 Å². The van der Waals surface area contributed by atoms with Gasteiger partial charge in [0.15, 0.2) is 0 Å². The number of fused-ring (bicyclic) bond motifs is 1. The SMILES string of the molecule is OC1CCCCCC1c1ccc2ccccc2c1. The molecule has 1 N–H and O–H groups in total. The van der Waals surface area contributed by atoms with Crippen molar-refractivity contribution in [2.75, 3.05) is 0 Å². The molecule has 2 aromatic carbocycles. The van der Waals surface area contributed by atoms with Gasteiger partial charge in [0.1, 0.15) is 0 Å². The minimum Gasteiger partial charge on any atom is -0.392 e. The highest BCUT2D eigenvalue weighted by Gasteiger charge is 2.23. The summed E-state index contributed by atoms with van der Waals surface area (Å²) in [6, 6.07) is 15.1. The van der Waals surface area contributed by atoms with Crippen LogP contribution in [-0.4, -0.2) is 11.2 Å². The summed E-state index contributed by atoms with van der Waals surface area (Å²) in [6.07, 6.45) is 5.60. The van der Waals surface area contributed by atoms with Crippen LogP contribution < -0.4 is 0 Å². The molecule has 18 heavy (non-hydrogen) atoms. The van der Waals surface area contributed by atoms with Crippen LogP contribution in [0.2, 0.25) is 0 Å². The standard InChI is InChI=1S/C17H20O/c18-17-9-3-1-2-8-16(17)15-11-10-13-6-4-5-7-14(13)12-15/h4-7,10-12,16-18H,1-3,8-9H2. The van der Waals surface area contributed by atoms with Crippen molar-refractivity contribution in [3.63, 3.8) is 0 Å². The molecule has 0 aliphatic heterocycles. The van der Waals surface area contributed by atoms with Gasteiger partial charge < -0.3 is 5.11 Å². The van der Waals surface area contributed by atoms with E-state index >= 15 is 0 Å². The molecular formula is C17H20O. The molecule has 0 heterocycles. The highest BCUT2D eigenvalue weighted by molar-refractivity contribution is 5.83. The van der Waals surface area contributed by atoms with Gasteiger partial charge in [-0.2, -0.15) is 0 Å². The molecule has 0 radical (unpaired) electrons. The third-order valence-electron chi connectivity index (χ3n) is 4.18. The van der Waals surface area contributed by atoms with Gasteiger partial charge in [0.05, 0.1) is 6.10 Å². The number of aliphatic hydroxyl groups is 1. The lowest BCUT2D eigenvalue weighted by Crippen LogP contribution is -2.16. The zero-order valence-electron chi connectivity index (χ0n) is 10.7. The van der Waals surface area contributed by atoms with Crippen molar-refractivity contribution in [1.29, 1.82) is 0 Å². The summed E-state index contributed by atoms with van der Waals surface area (Å²) in [6.45, 7) is 0. The van der Waals surface area contributed by atoms with Crippen molar-refractivity contribution in [3.05, 3.63) is 48.0 Å². The minimum atomic E-state index is -0.159. The molecule has 0 aromatic heterocycles. The molecule has 3 rings (SSSR count). The van der Waals surface area contributed by atoms with Crippen LogP contribution in [0.25, 0.3) is 10.8 Å². The molecule has 2 aromatic rings. The normalized spacial score (nSPS) is 24.9. The van der Waals surface area contributed by atoms with Crippen LogP contribution in [0.5, 0.6) is 0 Å². The summed E-state index contributed by atoms with van der Waals surface area (Å²) in [5, 5.41) is 12.8. The van der Waals surface area contributed by atoms with E-state index in [-0.39, 0.29) is 6.10 Å². The Morgan fingerprint density at radius 3 is 2.50 bits per heavy atom. The Morgan fingerprint density at radius 2 is 1.61 bits per heavy atom. The monoisotopic (exact) mass is 240 g/mol. The molecule has 1 heteroatoms. The lowest BCUT2D eigenvalue weighted by Gasteiger charge is -2.21. The van der Waals surface area contributed by atoms with E-state index in [1.165, 1.54) is 35.6 Å². The van der Waals surface area contributed by atoms with E-state index in [4.69, 9.17) is 0 Å². The summed E-state index contributed by atoms with van der Waals surface area (Å²) in [4.78, 5) is 0. The second-order valence-electron chi connectivity index (χ2n) is 5.42. The van der Waals surface area contributed by atoms with Crippen molar-refractivity contribution in [3.8, 4) is 0 Å². The summed E-state index contributed by atoms with van der Waals surface area (Å²) < 4.78 is 0. The molecule has 0 amide bonds. The molecule has 1 aliphatic rings. The van der Waals surface area contributed by atoms with Gasteiger partial charge in [0.2, 0.25) is 0 Å². The van der Waals surface area contributed by atoms with E-state index in [1.807, 2.05) is 0 Å². The second-order valence-corrected chi connectivity index (χ2v) is 5.42. The Hall–Kier alpha value is -1.34. The van der Waals surface area contributed by atoms with Gasteiger partial charge in [-0.3, -0.25) is 0 Å². The molecule has 0 saturated heterocycles. The number of rotatable bonds is 1. The largest absolute Gasteiger partial charge is 0.392 e. The maximum Gasteiger partial charge on any atom is 0.0608 e. The maximum absolute atomic E-state index is 10.3. The fourth-order valence-electron chi connectivity index (χ4n) is 3.12. The first-order valence-electron chi connectivity index (χ1n) is 7.01. The quantitative estimate of drug-likeness (QED) is 0.739. The second kappa shape index (κ2) is 5.11. The van der Waals surface area contributed by atoms with Gasteiger partial charge in [-0.15, -0.1) is 0 Å². The van der Waals surface area contributed by atoms with Gasteiger partial charge in [0, 0.05) is 5.92 Å². The van der Waals surface area contributed by atoms with Gasteiger partial charge in [-0.05, 0) is 29.2 Å². The highest BCUT2D eigenvalue weighted by Crippen LogP contribution is 2.33. The summed E-state index contributed by atoms with van der Waals surface area (Å²) in [5.74, 6) is 0.331. The van der Waals surface area contributed by atoms with Crippen LogP contribution in [0.4, 0.5) is 0 Å². The highest BCUT2D eigenvalue weighted by atomic mass is 16.3. The Morgan fingerprint density at radius 1 is 0.833 bits per heavy atom. The number of hydrogen-bond acceptors (Lipinski definition) is 1. The van der Waals surface area contributed by atoms with Crippen molar-refractivity contribution >= 4 is 10.8 Å². The minimum absolute atomic E-state index is 0.159. The van der Waals surface area contributed by atoms with E-state index in [2.05, 4.69) is 42.5 Å². The fraction of sp³-hybridized carbons (Fsp3) is 0.412. The van der Waals surface area contributed by atoms with Crippen LogP contribution >= 0.6 is 0 Å². The lowest BCUT2D eigenvalue weighted by atomic mass is 9.88. The average molecular weight is 240 g/mol. The summed E-state index contributed by atoms with van der Waals surface area (Å²) in [5.41, 5.74) is 1.31. The van der Waals surface area contributed by atoms with E-state index in [0.29, 0.717) is 5.92 Å². The number of benzene rings is 2. The molecule has 0 bridgehead atoms. The Kier molecular flexibility index (Phi) is 3.33. The van der Waals surface area contributed by atoms with Crippen LogP contribution in [0.15, 0.2) is 42.5 Å². The van der Waals surface area contributed by atoms with Crippen LogP contribution in [0.3, 0.4) is 0 Å². The molecular weight excluding hydrogens is 220 g/mol. The van der Waals surface area contributed by atoms with E-state index in [9.17, 15) is 5.11 Å². The van der Waals surface area contributed by atoms with Crippen LogP contribution in [0.1, 0.15) is 43.6 Å². The topological polar surface area (TPSA) is 20.2 Å². The van der Waals surface area contributed by atoms with Crippen LogP contribution in [-0.2, 0) is 0 Å². The van der Waals surface area contributed by atoms with Crippen molar-refractivity contribution in [1.82, 2.24) is 0 Å². The number of hydrogen-bond donors (Lipinski definition) is 1. The molecule has 94 valence electrons. The van der Waals surface area contributed by atoms with Gasteiger partial charge in [-0.25, -0.2) is 0 Å². The van der Waals surface area contributed by atoms with Gasteiger partial charge in [0.25, 0.3) is 0 Å². The molecule has 1 aliphatic carbocycles. The number of aliphatic hydroxyl groups excluding tert-OH is 1. The van der Waals surface area contributed by atoms with E-state index in [1.54, 1.807) is 0 Å². The molecule has 2 unspecified atom stereocenters.